The van der Waals surface area contributed by atoms with Crippen LogP contribution in [-0.4, -0.2) is 37.1 Å². The Morgan fingerprint density at radius 2 is 1.79 bits per heavy atom. The summed E-state index contributed by atoms with van der Waals surface area (Å²) in [6, 6.07) is 12.9. The fourth-order valence-corrected chi connectivity index (χ4v) is 3.33. The van der Waals surface area contributed by atoms with E-state index < -0.39 is 5.54 Å². The fourth-order valence-electron chi connectivity index (χ4n) is 3.33. The van der Waals surface area contributed by atoms with Crippen LogP contribution in [-0.2, 0) is 10.3 Å². The van der Waals surface area contributed by atoms with Gasteiger partial charge in [-0.2, -0.15) is 0 Å². The van der Waals surface area contributed by atoms with Gasteiger partial charge in [-0.25, -0.2) is 4.79 Å². The van der Waals surface area contributed by atoms with E-state index in [0.29, 0.717) is 19.6 Å². The van der Waals surface area contributed by atoms with Crippen LogP contribution in [0.15, 0.2) is 42.5 Å². The minimum atomic E-state index is -1.08. The predicted molar refractivity (Wildman–Crippen MR) is 107 cm³/mol. The first-order valence-electron chi connectivity index (χ1n) is 9.34. The van der Waals surface area contributed by atoms with Crippen molar-refractivity contribution in [2.24, 2.45) is 0 Å². The van der Waals surface area contributed by atoms with E-state index in [4.69, 9.17) is 9.47 Å². The summed E-state index contributed by atoms with van der Waals surface area (Å²) in [4.78, 5) is 26.6. The van der Waals surface area contributed by atoms with Crippen LogP contribution in [0.5, 0.6) is 11.5 Å². The van der Waals surface area contributed by atoms with E-state index in [2.05, 4.69) is 5.32 Å². The van der Waals surface area contributed by atoms with E-state index in [-0.39, 0.29) is 11.9 Å². The highest BCUT2D eigenvalue weighted by Crippen LogP contribution is 2.31. The number of nitrogens with one attached hydrogen (secondary N) is 1. The van der Waals surface area contributed by atoms with Gasteiger partial charge in [-0.15, -0.1) is 0 Å². The highest BCUT2D eigenvalue weighted by atomic mass is 16.5. The van der Waals surface area contributed by atoms with Gasteiger partial charge in [-0.3, -0.25) is 9.69 Å². The number of benzene rings is 2. The Morgan fingerprint density at radius 3 is 2.43 bits per heavy atom. The molecule has 0 bridgehead atoms. The molecule has 1 atom stereocenters. The van der Waals surface area contributed by atoms with Crippen molar-refractivity contribution >= 4 is 11.9 Å². The summed E-state index contributed by atoms with van der Waals surface area (Å²) in [6.45, 7) is 6.40. The number of carbonyl (C=O) groups is 2. The van der Waals surface area contributed by atoms with Crippen LogP contribution in [0.1, 0.15) is 30.0 Å². The minimum absolute atomic E-state index is 0.252. The quantitative estimate of drug-likeness (QED) is 0.587. The molecule has 1 fully saturated rings. The standard InChI is InChI=1S/C22H26N2O4/c1-15-6-9-18(10-7-15)28-13-5-12-24-20(25)22(3,23-21(24)26)17-8-11-19(27-4)16(2)14-17/h6-11,14H,5,12-13H2,1-4H3,(H,23,26). The van der Waals surface area contributed by atoms with E-state index >= 15 is 0 Å². The van der Waals surface area contributed by atoms with Gasteiger partial charge in [-0.1, -0.05) is 23.8 Å². The zero-order valence-corrected chi connectivity index (χ0v) is 16.7. The van der Waals surface area contributed by atoms with Crippen molar-refractivity contribution in [3.63, 3.8) is 0 Å². The largest absolute Gasteiger partial charge is 0.496 e. The fraction of sp³-hybridized carbons (Fsp3) is 0.364. The predicted octanol–water partition coefficient (Wildman–Crippen LogP) is 3.55. The molecule has 0 spiro atoms. The average molecular weight is 382 g/mol. The summed E-state index contributed by atoms with van der Waals surface area (Å²) < 4.78 is 11.0. The number of rotatable bonds is 7. The maximum Gasteiger partial charge on any atom is 0.325 e. The molecule has 28 heavy (non-hydrogen) atoms. The third-order valence-corrected chi connectivity index (χ3v) is 5.06. The molecule has 148 valence electrons. The van der Waals surface area contributed by atoms with E-state index in [1.54, 1.807) is 14.0 Å². The molecule has 6 heteroatoms. The minimum Gasteiger partial charge on any atom is -0.496 e. The molecule has 0 radical (unpaired) electrons. The smallest absolute Gasteiger partial charge is 0.325 e. The van der Waals surface area contributed by atoms with Crippen molar-refractivity contribution in [1.82, 2.24) is 10.2 Å². The second-order valence-corrected chi connectivity index (χ2v) is 7.21. The zero-order valence-electron chi connectivity index (χ0n) is 16.7. The lowest BCUT2D eigenvalue weighted by atomic mass is 9.90. The number of amides is 3. The molecule has 1 aliphatic rings. The van der Waals surface area contributed by atoms with Crippen LogP contribution in [0.25, 0.3) is 0 Å². The molecular weight excluding hydrogens is 356 g/mol. The van der Waals surface area contributed by atoms with Gasteiger partial charge in [-0.05, 0) is 62.6 Å². The van der Waals surface area contributed by atoms with Crippen molar-refractivity contribution in [3.05, 3.63) is 59.2 Å². The van der Waals surface area contributed by atoms with Gasteiger partial charge in [0.1, 0.15) is 17.0 Å². The normalized spacial score (nSPS) is 18.9. The first kappa shape index (κ1) is 19.7. The third kappa shape index (κ3) is 3.81. The Morgan fingerprint density at radius 1 is 1.07 bits per heavy atom. The Labute approximate surface area is 165 Å². The third-order valence-electron chi connectivity index (χ3n) is 5.06. The van der Waals surface area contributed by atoms with Gasteiger partial charge >= 0.3 is 6.03 Å². The summed E-state index contributed by atoms with van der Waals surface area (Å²) in [6.07, 6.45) is 0.560. The molecule has 3 rings (SSSR count). The van der Waals surface area contributed by atoms with Crippen molar-refractivity contribution < 1.29 is 19.1 Å². The molecule has 0 aromatic heterocycles. The van der Waals surface area contributed by atoms with Gasteiger partial charge in [0.25, 0.3) is 5.91 Å². The highest BCUT2D eigenvalue weighted by Gasteiger charge is 2.48. The Bertz CT molecular complexity index is 879. The van der Waals surface area contributed by atoms with Gasteiger partial charge < -0.3 is 14.8 Å². The van der Waals surface area contributed by atoms with E-state index in [1.807, 2.05) is 56.3 Å². The first-order chi connectivity index (χ1) is 13.3. The highest BCUT2D eigenvalue weighted by molar-refractivity contribution is 6.07. The molecule has 6 nitrogen and oxygen atoms in total. The van der Waals surface area contributed by atoms with Crippen LogP contribution in [0.4, 0.5) is 4.79 Å². The number of ether oxygens (including phenoxy) is 2. The molecule has 1 aliphatic heterocycles. The van der Waals surface area contributed by atoms with Crippen LogP contribution < -0.4 is 14.8 Å². The van der Waals surface area contributed by atoms with Crippen LogP contribution in [0.3, 0.4) is 0 Å². The van der Waals surface area contributed by atoms with E-state index in [9.17, 15) is 9.59 Å². The molecule has 1 heterocycles. The van der Waals surface area contributed by atoms with Crippen LogP contribution >= 0.6 is 0 Å². The van der Waals surface area contributed by atoms with Gasteiger partial charge in [0.15, 0.2) is 0 Å². The molecule has 2 aromatic rings. The molecule has 3 amide bonds. The Balaban J connectivity index is 1.62. The number of nitrogens with zero attached hydrogens (tertiary/aromatic N) is 1. The maximum atomic E-state index is 13.0. The molecule has 1 unspecified atom stereocenters. The number of hydrogen-bond acceptors (Lipinski definition) is 4. The summed E-state index contributed by atoms with van der Waals surface area (Å²) in [5.74, 6) is 1.27. The van der Waals surface area contributed by atoms with E-state index in [0.717, 1.165) is 22.6 Å². The second kappa shape index (κ2) is 7.92. The van der Waals surface area contributed by atoms with Crippen molar-refractivity contribution in [2.45, 2.75) is 32.7 Å². The number of methoxy groups -OCH3 is 1. The van der Waals surface area contributed by atoms with Crippen LogP contribution in [0.2, 0.25) is 0 Å². The summed E-state index contributed by atoms with van der Waals surface area (Å²) >= 11 is 0. The summed E-state index contributed by atoms with van der Waals surface area (Å²) in [5, 5.41) is 2.83. The number of carbonyl (C=O) groups excluding carboxylic acids is 2. The van der Waals surface area contributed by atoms with Crippen molar-refractivity contribution in [2.75, 3.05) is 20.3 Å². The summed E-state index contributed by atoms with van der Waals surface area (Å²) in [7, 11) is 1.60. The average Bonchev–Trinajstić information content (AvgIpc) is 2.90. The lowest BCUT2D eigenvalue weighted by Crippen LogP contribution is -2.41. The molecule has 2 aromatic carbocycles. The lowest BCUT2D eigenvalue weighted by Gasteiger charge is -2.23. The second-order valence-electron chi connectivity index (χ2n) is 7.21. The van der Waals surface area contributed by atoms with Crippen LogP contribution in [0, 0.1) is 13.8 Å². The maximum absolute atomic E-state index is 13.0. The molecule has 0 saturated carbocycles. The SMILES string of the molecule is COc1ccc(C2(C)NC(=O)N(CCCOc3ccc(C)cc3)C2=O)cc1C. The number of aryl methyl sites for hydroxylation is 2. The number of urea groups is 1. The number of imide groups is 1. The van der Waals surface area contributed by atoms with Crippen molar-refractivity contribution in [1.29, 1.82) is 0 Å². The number of hydrogen-bond donors (Lipinski definition) is 1. The monoisotopic (exact) mass is 382 g/mol. The lowest BCUT2D eigenvalue weighted by molar-refractivity contribution is -0.131. The van der Waals surface area contributed by atoms with Gasteiger partial charge in [0.05, 0.1) is 13.7 Å². The summed E-state index contributed by atoms with van der Waals surface area (Å²) in [5.41, 5.74) is 1.74. The Kier molecular flexibility index (Phi) is 5.58. The molecule has 0 aliphatic carbocycles. The van der Waals surface area contributed by atoms with Gasteiger partial charge in [0, 0.05) is 6.54 Å². The molecule has 1 saturated heterocycles. The zero-order chi connectivity index (χ0) is 20.3. The topological polar surface area (TPSA) is 67.9 Å². The molecule has 1 N–H and O–H groups in total. The van der Waals surface area contributed by atoms with E-state index in [1.165, 1.54) is 10.5 Å². The van der Waals surface area contributed by atoms with Crippen molar-refractivity contribution in [3.8, 4) is 11.5 Å². The Hall–Kier alpha value is -3.02. The first-order valence-corrected chi connectivity index (χ1v) is 9.34. The molecular formula is C22H26N2O4. The van der Waals surface area contributed by atoms with Gasteiger partial charge in [0.2, 0.25) is 0 Å².